The molecule has 1 aromatic heterocycles. The van der Waals surface area contributed by atoms with E-state index in [0.717, 1.165) is 11.3 Å². The molecule has 0 amide bonds. The van der Waals surface area contributed by atoms with Crippen molar-refractivity contribution in [2.45, 2.75) is 6.92 Å². The molecule has 0 aliphatic heterocycles. The molecular formula is C13H11N3. The van der Waals surface area contributed by atoms with Crippen LogP contribution in [0.1, 0.15) is 11.1 Å². The molecule has 0 radical (unpaired) electrons. The number of rotatable bonds is 2. The summed E-state index contributed by atoms with van der Waals surface area (Å²) < 4.78 is 0. The zero-order valence-corrected chi connectivity index (χ0v) is 8.94. The van der Waals surface area contributed by atoms with E-state index in [-0.39, 0.29) is 0 Å². The average molecular weight is 209 g/mol. The Bertz CT molecular complexity index is 527. The quantitative estimate of drug-likeness (QED) is 0.827. The van der Waals surface area contributed by atoms with Crippen LogP contribution in [0.25, 0.3) is 0 Å². The molecule has 0 saturated heterocycles. The Morgan fingerprint density at radius 1 is 1.19 bits per heavy atom. The summed E-state index contributed by atoms with van der Waals surface area (Å²) in [4.78, 5) is 4.17. The Hall–Kier alpha value is -2.34. The third-order valence-electron chi connectivity index (χ3n) is 2.31. The molecule has 1 aromatic carbocycles. The summed E-state index contributed by atoms with van der Waals surface area (Å²) in [5, 5.41) is 12.2. The third kappa shape index (κ3) is 2.01. The van der Waals surface area contributed by atoms with E-state index in [0.29, 0.717) is 11.4 Å². The number of aryl methyl sites for hydroxylation is 1. The molecule has 0 aliphatic carbocycles. The van der Waals surface area contributed by atoms with Crippen molar-refractivity contribution in [2.24, 2.45) is 0 Å². The summed E-state index contributed by atoms with van der Waals surface area (Å²) >= 11 is 0. The van der Waals surface area contributed by atoms with E-state index in [4.69, 9.17) is 5.26 Å². The summed E-state index contributed by atoms with van der Waals surface area (Å²) in [7, 11) is 0. The SMILES string of the molecule is Cc1ccnc(Nc2ccccc2)c1C#N. The van der Waals surface area contributed by atoms with Crippen LogP contribution in [0.3, 0.4) is 0 Å². The molecule has 0 aliphatic rings. The molecule has 0 unspecified atom stereocenters. The van der Waals surface area contributed by atoms with Gasteiger partial charge in [-0.3, -0.25) is 0 Å². The van der Waals surface area contributed by atoms with Crippen LogP contribution in [-0.2, 0) is 0 Å². The predicted octanol–water partition coefficient (Wildman–Crippen LogP) is 3.01. The highest BCUT2D eigenvalue weighted by molar-refractivity contribution is 5.64. The Kier molecular flexibility index (Phi) is 2.84. The monoisotopic (exact) mass is 209 g/mol. The van der Waals surface area contributed by atoms with Gasteiger partial charge in [-0.15, -0.1) is 0 Å². The molecule has 0 saturated carbocycles. The van der Waals surface area contributed by atoms with E-state index >= 15 is 0 Å². The van der Waals surface area contributed by atoms with Crippen LogP contribution in [0.15, 0.2) is 42.6 Å². The molecule has 1 heterocycles. The number of pyridine rings is 1. The molecule has 0 spiro atoms. The molecule has 78 valence electrons. The Morgan fingerprint density at radius 2 is 1.94 bits per heavy atom. The highest BCUT2D eigenvalue weighted by atomic mass is 15.0. The fraction of sp³-hybridized carbons (Fsp3) is 0.0769. The first kappa shape index (κ1) is 10.2. The summed E-state index contributed by atoms with van der Waals surface area (Å²) in [6, 6.07) is 13.7. The molecule has 3 nitrogen and oxygen atoms in total. The van der Waals surface area contributed by atoms with Crippen LogP contribution < -0.4 is 5.32 Å². The Labute approximate surface area is 94.4 Å². The van der Waals surface area contributed by atoms with E-state index in [9.17, 15) is 0 Å². The van der Waals surface area contributed by atoms with Gasteiger partial charge in [-0.25, -0.2) is 4.98 Å². The fourth-order valence-electron chi connectivity index (χ4n) is 1.45. The fourth-order valence-corrected chi connectivity index (χ4v) is 1.45. The second kappa shape index (κ2) is 4.45. The number of para-hydroxylation sites is 1. The van der Waals surface area contributed by atoms with E-state index in [1.807, 2.05) is 43.3 Å². The lowest BCUT2D eigenvalue weighted by Crippen LogP contribution is -1.98. The van der Waals surface area contributed by atoms with Crippen LogP contribution in [0.5, 0.6) is 0 Å². The highest BCUT2D eigenvalue weighted by Crippen LogP contribution is 2.19. The van der Waals surface area contributed by atoms with Crippen molar-refractivity contribution in [3.8, 4) is 6.07 Å². The maximum Gasteiger partial charge on any atom is 0.148 e. The lowest BCUT2D eigenvalue weighted by molar-refractivity contribution is 1.24. The van der Waals surface area contributed by atoms with Crippen LogP contribution in [0.4, 0.5) is 11.5 Å². The van der Waals surface area contributed by atoms with Gasteiger partial charge in [-0.2, -0.15) is 5.26 Å². The van der Waals surface area contributed by atoms with Gasteiger partial charge in [-0.05, 0) is 30.7 Å². The number of nitrogens with one attached hydrogen (secondary N) is 1. The minimum Gasteiger partial charge on any atom is -0.339 e. The molecule has 0 bridgehead atoms. The number of anilines is 2. The molecule has 2 aromatic rings. The largest absolute Gasteiger partial charge is 0.339 e. The van der Waals surface area contributed by atoms with Gasteiger partial charge in [-0.1, -0.05) is 18.2 Å². The maximum atomic E-state index is 9.05. The minimum absolute atomic E-state index is 0.589. The number of nitrogens with zero attached hydrogens (tertiary/aromatic N) is 2. The number of aromatic nitrogens is 1. The average Bonchev–Trinajstić information content (AvgIpc) is 2.31. The first-order valence-corrected chi connectivity index (χ1v) is 4.99. The van der Waals surface area contributed by atoms with Crippen molar-refractivity contribution in [2.75, 3.05) is 5.32 Å². The van der Waals surface area contributed by atoms with Gasteiger partial charge in [0.1, 0.15) is 11.9 Å². The number of hydrogen-bond acceptors (Lipinski definition) is 3. The van der Waals surface area contributed by atoms with Crippen LogP contribution in [-0.4, -0.2) is 4.98 Å². The lowest BCUT2D eigenvalue weighted by atomic mass is 10.1. The molecule has 3 heteroatoms. The highest BCUT2D eigenvalue weighted by Gasteiger charge is 2.05. The molecular weight excluding hydrogens is 198 g/mol. The molecule has 16 heavy (non-hydrogen) atoms. The second-order valence-corrected chi connectivity index (χ2v) is 3.45. The summed E-state index contributed by atoms with van der Waals surface area (Å²) in [6.07, 6.45) is 1.70. The molecule has 0 atom stereocenters. The number of nitriles is 1. The van der Waals surface area contributed by atoms with E-state index < -0.39 is 0 Å². The van der Waals surface area contributed by atoms with Crippen molar-refractivity contribution < 1.29 is 0 Å². The number of hydrogen-bond donors (Lipinski definition) is 1. The van der Waals surface area contributed by atoms with Gasteiger partial charge < -0.3 is 5.32 Å². The van der Waals surface area contributed by atoms with E-state index in [1.54, 1.807) is 6.20 Å². The summed E-state index contributed by atoms with van der Waals surface area (Å²) in [6.45, 7) is 1.90. The third-order valence-corrected chi connectivity index (χ3v) is 2.31. The first-order valence-electron chi connectivity index (χ1n) is 4.99. The first-order chi connectivity index (χ1) is 7.81. The van der Waals surface area contributed by atoms with Gasteiger partial charge in [0.05, 0.1) is 5.56 Å². The Balaban J connectivity index is 2.36. The van der Waals surface area contributed by atoms with Crippen molar-refractivity contribution in [1.29, 1.82) is 5.26 Å². The second-order valence-electron chi connectivity index (χ2n) is 3.45. The minimum atomic E-state index is 0.589. The molecule has 0 fully saturated rings. The summed E-state index contributed by atoms with van der Waals surface area (Å²) in [5.74, 6) is 0.605. The predicted molar refractivity (Wildman–Crippen MR) is 63.4 cm³/mol. The van der Waals surface area contributed by atoms with E-state index in [2.05, 4.69) is 16.4 Å². The van der Waals surface area contributed by atoms with Crippen molar-refractivity contribution >= 4 is 11.5 Å². The van der Waals surface area contributed by atoms with Crippen molar-refractivity contribution in [1.82, 2.24) is 4.98 Å². The smallest absolute Gasteiger partial charge is 0.148 e. The van der Waals surface area contributed by atoms with Gasteiger partial charge in [0.25, 0.3) is 0 Å². The van der Waals surface area contributed by atoms with E-state index in [1.165, 1.54) is 0 Å². The van der Waals surface area contributed by atoms with Crippen LogP contribution in [0.2, 0.25) is 0 Å². The van der Waals surface area contributed by atoms with Gasteiger partial charge in [0.15, 0.2) is 0 Å². The van der Waals surface area contributed by atoms with Gasteiger partial charge in [0.2, 0.25) is 0 Å². The maximum absolute atomic E-state index is 9.05. The molecule has 2 rings (SSSR count). The molecule has 1 N–H and O–H groups in total. The van der Waals surface area contributed by atoms with Crippen LogP contribution >= 0.6 is 0 Å². The summed E-state index contributed by atoms with van der Waals surface area (Å²) in [5.41, 5.74) is 2.44. The topological polar surface area (TPSA) is 48.7 Å². The van der Waals surface area contributed by atoms with Gasteiger partial charge in [0, 0.05) is 11.9 Å². The normalized spacial score (nSPS) is 9.50. The Morgan fingerprint density at radius 3 is 2.62 bits per heavy atom. The van der Waals surface area contributed by atoms with Gasteiger partial charge >= 0.3 is 0 Å². The number of benzene rings is 1. The zero-order valence-electron chi connectivity index (χ0n) is 8.94. The lowest BCUT2D eigenvalue weighted by Gasteiger charge is -2.08. The van der Waals surface area contributed by atoms with Crippen molar-refractivity contribution in [3.05, 3.63) is 53.7 Å². The standard InChI is InChI=1S/C13H11N3/c1-10-7-8-15-13(12(10)9-14)16-11-5-3-2-4-6-11/h2-8H,1H3,(H,15,16). The van der Waals surface area contributed by atoms with Crippen molar-refractivity contribution in [3.63, 3.8) is 0 Å². The zero-order chi connectivity index (χ0) is 11.4. The van der Waals surface area contributed by atoms with Crippen LogP contribution in [0, 0.1) is 18.3 Å².